The second-order valence-corrected chi connectivity index (χ2v) is 13.1. The Balaban J connectivity index is 1.34. The summed E-state index contributed by atoms with van der Waals surface area (Å²) in [4.78, 5) is 12.8. The van der Waals surface area contributed by atoms with Crippen molar-refractivity contribution in [2.75, 3.05) is 33.4 Å². The molecular weight excluding hydrogens is 522 g/mol. The lowest BCUT2D eigenvalue weighted by Gasteiger charge is -2.47. The molecule has 8 heteroatoms. The summed E-state index contributed by atoms with van der Waals surface area (Å²) in [5.74, 6) is 2.26. The van der Waals surface area contributed by atoms with Crippen molar-refractivity contribution in [3.8, 4) is 5.88 Å². The van der Waals surface area contributed by atoms with E-state index in [1.54, 1.807) is 0 Å². The SMILES string of the molecule is CCCCCCCCCCC1C2C1C2(OC(=O)OCCC)[N+]1(C)CCC=C(c2nsnc2OCCCCCC)C1. The molecule has 40 heavy (non-hydrogen) atoms. The Morgan fingerprint density at radius 2 is 1.60 bits per heavy atom. The van der Waals surface area contributed by atoms with E-state index in [1.165, 1.54) is 94.4 Å². The molecule has 2 aliphatic carbocycles. The maximum atomic E-state index is 12.8. The molecule has 4 rings (SSSR count). The number of quaternary nitrogens is 1. The van der Waals surface area contributed by atoms with Crippen molar-refractivity contribution < 1.29 is 23.5 Å². The first-order chi connectivity index (χ1) is 19.5. The molecule has 0 amide bonds. The highest BCUT2D eigenvalue weighted by molar-refractivity contribution is 6.99. The summed E-state index contributed by atoms with van der Waals surface area (Å²) in [6, 6.07) is 0. The van der Waals surface area contributed by atoms with Crippen molar-refractivity contribution >= 4 is 23.5 Å². The van der Waals surface area contributed by atoms with E-state index in [0.29, 0.717) is 41.3 Å². The van der Waals surface area contributed by atoms with E-state index in [4.69, 9.17) is 14.2 Å². The molecule has 226 valence electrons. The first-order valence-corrected chi connectivity index (χ1v) is 17.1. The van der Waals surface area contributed by atoms with E-state index in [2.05, 4.69) is 35.7 Å². The number of ether oxygens (including phenoxy) is 3. The van der Waals surface area contributed by atoms with E-state index in [0.717, 1.165) is 38.0 Å². The van der Waals surface area contributed by atoms with Gasteiger partial charge in [-0.2, -0.15) is 4.37 Å². The summed E-state index contributed by atoms with van der Waals surface area (Å²) in [6.07, 6.45) is 20.2. The number of fused-ring (bicyclic) bond motifs is 1. The molecular formula is C32H54N3O4S+. The van der Waals surface area contributed by atoms with Crippen molar-refractivity contribution in [2.24, 2.45) is 17.8 Å². The lowest BCUT2D eigenvalue weighted by molar-refractivity contribution is -0.967. The molecule has 2 saturated carbocycles. The van der Waals surface area contributed by atoms with Crippen molar-refractivity contribution in [1.82, 2.24) is 8.75 Å². The van der Waals surface area contributed by atoms with E-state index in [1.807, 2.05) is 6.92 Å². The Bertz CT molecular complexity index is 956. The van der Waals surface area contributed by atoms with Crippen LogP contribution in [-0.2, 0) is 9.47 Å². The third-order valence-corrected chi connectivity index (χ3v) is 9.96. The third kappa shape index (κ3) is 7.21. The molecule has 2 fully saturated rings. The molecule has 1 aliphatic heterocycles. The fourth-order valence-corrected chi connectivity index (χ4v) is 7.67. The number of carbonyl (C=O) groups excluding carboxylic acids is 1. The lowest BCUT2D eigenvalue weighted by Crippen LogP contribution is -2.63. The molecule has 3 unspecified atom stereocenters. The Kier molecular flexibility index (Phi) is 11.7. The van der Waals surface area contributed by atoms with Crippen LogP contribution in [0.1, 0.15) is 123 Å². The highest BCUT2D eigenvalue weighted by Gasteiger charge is 2.95. The van der Waals surface area contributed by atoms with Gasteiger partial charge in [0, 0.05) is 12.0 Å². The van der Waals surface area contributed by atoms with Gasteiger partial charge in [-0.25, -0.2) is 4.79 Å². The molecule has 0 radical (unpaired) electrons. The van der Waals surface area contributed by atoms with Crippen LogP contribution >= 0.6 is 11.7 Å². The molecule has 2 heterocycles. The van der Waals surface area contributed by atoms with Crippen molar-refractivity contribution in [2.45, 2.75) is 123 Å². The van der Waals surface area contributed by atoms with Gasteiger partial charge in [0.15, 0.2) is 0 Å². The third-order valence-electron chi connectivity index (χ3n) is 9.45. The zero-order chi connectivity index (χ0) is 28.4. The molecule has 0 N–H and O–H groups in total. The fraction of sp³-hybridized carbons (Fsp3) is 0.844. The predicted molar refractivity (Wildman–Crippen MR) is 161 cm³/mol. The largest absolute Gasteiger partial charge is 0.513 e. The highest BCUT2D eigenvalue weighted by Crippen LogP contribution is 2.81. The average molecular weight is 577 g/mol. The van der Waals surface area contributed by atoms with Gasteiger partial charge in [-0.3, -0.25) is 4.48 Å². The van der Waals surface area contributed by atoms with Crippen molar-refractivity contribution in [1.29, 1.82) is 0 Å². The smallest absolute Gasteiger partial charge is 0.475 e. The monoisotopic (exact) mass is 576 g/mol. The van der Waals surface area contributed by atoms with Crippen LogP contribution in [0.15, 0.2) is 6.08 Å². The maximum Gasteiger partial charge on any atom is 0.513 e. The quantitative estimate of drug-likeness (QED) is 0.0882. The Hall–Kier alpha value is -1.67. The second-order valence-electron chi connectivity index (χ2n) is 12.6. The van der Waals surface area contributed by atoms with Crippen LogP contribution in [0.3, 0.4) is 0 Å². The van der Waals surface area contributed by atoms with E-state index >= 15 is 0 Å². The first kappa shape index (κ1) is 31.3. The number of hydrogen-bond donors (Lipinski definition) is 0. The van der Waals surface area contributed by atoms with Crippen LogP contribution in [0.4, 0.5) is 4.79 Å². The van der Waals surface area contributed by atoms with Crippen molar-refractivity contribution in [3.05, 3.63) is 11.8 Å². The second kappa shape index (κ2) is 15.0. The van der Waals surface area contributed by atoms with Crippen LogP contribution in [0.2, 0.25) is 0 Å². The number of aromatic nitrogens is 2. The lowest BCUT2D eigenvalue weighted by atomic mass is 9.94. The standard InChI is InChI=1S/C32H54N3O4S/c1-5-8-10-12-13-14-15-16-20-26-27-28(26)32(27,39-31(36)38-22-7-3)35(4)21-18-19-25(24-35)29-30(34-40-33-29)37-23-17-11-9-6-2/h19,26-28H,5-18,20-24H2,1-4H3/q+1. The Morgan fingerprint density at radius 1 is 0.925 bits per heavy atom. The van der Waals surface area contributed by atoms with E-state index < -0.39 is 11.9 Å². The van der Waals surface area contributed by atoms with Gasteiger partial charge in [0.05, 0.1) is 50.4 Å². The van der Waals surface area contributed by atoms with Gasteiger partial charge in [-0.1, -0.05) is 97.5 Å². The van der Waals surface area contributed by atoms with Gasteiger partial charge in [0.2, 0.25) is 0 Å². The summed E-state index contributed by atoms with van der Waals surface area (Å²) >= 11 is 1.22. The Morgan fingerprint density at radius 3 is 2.30 bits per heavy atom. The van der Waals surface area contributed by atoms with Gasteiger partial charge in [-0.05, 0) is 25.2 Å². The number of likely N-dealkylation sites (N-methyl/N-ethyl adjacent to an activating group) is 1. The molecule has 1 aromatic heterocycles. The number of hydrogen-bond acceptors (Lipinski definition) is 7. The zero-order valence-corrected chi connectivity index (χ0v) is 26.4. The number of rotatable bonds is 20. The number of unbranched alkanes of at least 4 members (excludes halogenated alkanes) is 10. The van der Waals surface area contributed by atoms with E-state index in [-0.39, 0.29) is 0 Å². The van der Waals surface area contributed by atoms with E-state index in [9.17, 15) is 4.79 Å². The summed E-state index contributed by atoms with van der Waals surface area (Å²) in [5.41, 5.74) is 1.58. The Labute approximate surface area is 247 Å². The average Bonchev–Trinajstić information content (AvgIpc) is 3.78. The fourth-order valence-electron chi connectivity index (χ4n) is 7.14. The van der Waals surface area contributed by atoms with Gasteiger partial charge in [0.1, 0.15) is 12.2 Å². The molecule has 3 aliphatic rings. The van der Waals surface area contributed by atoms with Gasteiger partial charge in [-0.15, -0.1) is 4.37 Å². The minimum Gasteiger partial charge on any atom is -0.475 e. The highest BCUT2D eigenvalue weighted by atomic mass is 32.1. The molecule has 0 saturated heterocycles. The van der Waals surface area contributed by atoms with Crippen LogP contribution < -0.4 is 4.74 Å². The number of carbonyl (C=O) groups is 1. The van der Waals surface area contributed by atoms with Crippen LogP contribution in [-0.4, -0.2) is 58.5 Å². The summed E-state index contributed by atoms with van der Waals surface area (Å²) in [5, 5.41) is 0. The van der Waals surface area contributed by atoms with Crippen LogP contribution in [0.5, 0.6) is 5.88 Å². The van der Waals surface area contributed by atoms with Gasteiger partial charge in [0.25, 0.3) is 11.6 Å². The molecule has 3 atom stereocenters. The van der Waals surface area contributed by atoms with Crippen LogP contribution in [0.25, 0.3) is 5.57 Å². The maximum absolute atomic E-state index is 12.8. The summed E-state index contributed by atoms with van der Waals surface area (Å²) < 4.78 is 27.6. The number of nitrogens with zero attached hydrogens (tertiary/aromatic N) is 3. The van der Waals surface area contributed by atoms with Crippen molar-refractivity contribution in [3.63, 3.8) is 0 Å². The predicted octanol–water partition coefficient (Wildman–Crippen LogP) is 8.40. The zero-order valence-electron chi connectivity index (χ0n) is 25.6. The van der Waals surface area contributed by atoms with Crippen LogP contribution in [0, 0.1) is 17.8 Å². The molecule has 0 aromatic carbocycles. The molecule has 0 spiro atoms. The topological polar surface area (TPSA) is 70.5 Å². The summed E-state index contributed by atoms with van der Waals surface area (Å²) in [7, 11) is 2.27. The minimum atomic E-state index is -0.498. The molecule has 1 aromatic rings. The minimum absolute atomic E-state index is 0.407. The molecule has 7 nitrogen and oxygen atoms in total. The summed E-state index contributed by atoms with van der Waals surface area (Å²) in [6.45, 7) is 9.32. The first-order valence-electron chi connectivity index (χ1n) is 16.4. The molecule has 0 bridgehead atoms. The van der Waals surface area contributed by atoms with Gasteiger partial charge >= 0.3 is 6.16 Å². The normalized spacial score (nSPS) is 28.5. The van der Waals surface area contributed by atoms with Gasteiger partial charge < -0.3 is 14.2 Å².